The third kappa shape index (κ3) is 4.01. The van der Waals surface area contributed by atoms with Crippen LogP contribution in [-0.4, -0.2) is 27.9 Å². The molecule has 1 atom stereocenters. The molecular weight excluding hydrogens is 294 g/mol. The second-order valence-electron chi connectivity index (χ2n) is 5.02. The first kappa shape index (κ1) is 15.9. The summed E-state index contributed by atoms with van der Waals surface area (Å²) in [5, 5.41) is 21.6. The monoisotopic (exact) mass is 310 g/mol. The third-order valence-electron chi connectivity index (χ3n) is 3.10. The summed E-state index contributed by atoms with van der Waals surface area (Å²) >= 11 is 0. The van der Waals surface area contributed by atoms with Crippen molar-refractivity contribution in [1.29, 1.82) is 0 Å². The molecule has 22 heavy (non-hydrogen) atoms. The van der Waals surface area contributed by atoms with Gasteiger partial charge in [-0.3, -0.25) is 5.10 Å². The van der Waals surface area contributed by atoms with Crippen molar-refractivity contribution < 1.29 is 18.7 Å². The molecule has 0 saturated carbocycles. The molecule has 0 aliphatic heterocycles. The Morgan fingerprint density at radius 3 is 2.77 bits per heavy atom. The average Bonchev–Trinajstić information content (AvgIpc) is 2.96. The maximum atomic E-state index is 13.7. The van der Waals surface area contributed by atoms with Crippen LogP contribution in [0.15, 0.2) is 30.5 Å². The summed E-state index contributed by atoms with van der Waals surface area (Å²) in [6, 6.07) is 4.05. The smallest absolute Gasteiger partial charge is 0.315 e. The number of aromatic amines is 1. The summed E-state index contributed by atoms with van der Waals surface area (Å²) in [4.78, 5) is 11.6. The zero-order valence-corrected chi connectivity index (χ0v) is 11.9. The van der Waals surface area contributed by atoms with Gasteiger partial charge in [0.25, 0.3) is 0 Å². The number of amides is 2. The summed E-state index contributed by atoms with van der Waals surface area (Å²) in [5.74, 6) is -1.60. The lowest BCUT2D eigenvalue weighted by atomic mass is 9.95. The summed E-state index contributed by atoms with van der Waals surface area (Å²) in [6.45, 7) is 1.34. The summed E-state index contributed by atoms with van der Waals surface area (Å²) in [6.07, 6.45) is 1.55. The van der Waals surface area contributed by atoms with Crippen LogP contribution >= 0.6 is 0 Å². The SMILES string of the molecule is CC(O)(CNC(=O)NCc1ccn[nH]1)c1ccc(F)cc1F. The van der Waals surface area contributed by atoms with Crippen molar-refractivity contribution in [3.63, 3.8) is 0 Å². The number of hydrogen-bond acceptors (Lipinski definition) is 3. The molecule has 2 amide bonds. The van der Waals surface area contributed by atoms with E-state index in [4.69, 9.17) is 0 Å². The van der Waals surface area contributed by atoms with E-state index in [0.29, 0.717) is 11.8 Å². The van der Waals surface area contributed by atoms with Gasteiger partial charge in [0.2, 0.25) is 0 Å². The normalized spacial score (nSPS) is 13.5. The Labute approximate surface area is 125 Å². The highest BCUT2D eigenvalue weighted by Crippen LogP contribution is 2.23. The maximum absolute atomic E-state index is 13.7. The number of nitrogens with one attached hydrogen (secondary N) is 3. The molecule has 0 bridgehead atoms. The zero-order chi connectivity index (χ0) is 16.2. The molecule has 0 aliphatic rings. The molecule has 118 valence electrons. The van der Waals surface area contributed by atoms with Gasteiger partial charge in [-0.2, -0.15) is 5.10 Å². The molecule has 0 fully saturated rings. The Morgan fingerprint density at radius 2 is 2.14 bits per heavy atom. The van der Waals surface area contributed by atoms with E-state index in [1.165, 1.54) is 6.92 Å². The number of carbonyl (C=O) groups is 1. The highest BCUT2D eigenvalue weighted by Gasteiger charge is 2.27. The molecule has 0 saturated heterocycles. The highest BCUT2D eigenvalue weighted by atomic mass is 19.1. The van der Waals surface area contributed by atoms with E-state index >= 15 is 0 Å². The van der Waals surface area contributed by atoms with Crippen LogP contribution in [0.25, 0.3) is 0 Å². The Morgan fingerprint density at radius 1 is 1.36 bits per heavy atom. The number of nitrogens with zero attached hydrogens (tertiary/aromatic N) is 1. The van der Waals surface area contributed by atoms with Gasteiger partial charge in [0.15, 0.2) is 0 Å². The van der Waals surface area contributed by atoms with Crippen LogP contribution in [0, 0.1) is 11.6 Å². The molecule has 6 nitrogen and oxygen atoms in total. The highest BCUT2D eigenvalue weighted by molar-refractivity contribution is 5.73. The predicted octanol–water partition coefficient (Wildman–Crippen LogP) is 1.39. The van der Waals surface area contributed by atoms with Crippen molar-refractivity contribution >= 4 is 6.03 Å². The fourth-order valence-electron chi connectivity index (χ4n) is 1.90. The van der Waals surface area contributed by atoms with E-state index in [1.54, 1.807) is 12.3 Å². The van der Waals surface area contributed by atoms with Crippen molar-refractivity contribution in [1.82, 2.24) is 20.8 Å². The Kier molecular flexibility index (Phi) is 4.71. The van der Waals surface area contributed by atoms with E-state index in [-0.39, 0.29) is 18.7 Å². The van der Waals surface area contributed by atoms with Crippen molar-refractivity contribution in [2.45, 2.75) is 19.1 Å². The molecule has 2 rings (SSSR count). The lowest BCUT2D eigenvalue weighted by molar-refractivity contribution is 0.0555. The third-order valence-corrected chi connectivity index (χ3v) is 3.10. The van der Waals surface area contributed by atoms with Gasteiger partial charge in [-0.25, -0.2) is 13.6 Å². The van der Waals surface area contributed by atoms with Crippen LogP contribution in [0.2, 0.25) is 0 Å². The van der Waals surface area contributed by atoms with E-state index < -0.39 is 23.3 Å². The van der Waals surface area contributed by atoms with Gasteiger partial charge >= 0.3 is 6.03 Å². The van der Waals surface area contributed by atoms with Gasteiger partial charge in [-0.15, -0.1) is 0 Å². The predicted molar refractivity (Wildman–Crippen MR) is 74.8 cm³/mol. The van der Waals surface area contributed by atoms with Gasteiger partial charge in [-0.05, 0) is 19.1 Å². The van der Waals surface area contributed by atoms with Crippen LogP contribution in [-0.2, 0) is 12.1 Å². The zero-order valence-electron chi connectivity index (χ0n) is 11.9. The second kappa shape index (κ2) is 6.52. The van der Waals surface area contributed by atoms with Gasteiger partial charge in [0.1, 0.15) is 17.2 Å². The number of aromatic nitrogens is 2. The minimum absolute atomic E-state index is 0.0947. The summed E-state index contributed by atoms with van der Waals surface area (Å²) in [7, 11) is 0. The molecule has 0 spiro atoms. The molecule has 0 radical (unpaired) electrons. The molecule has 8 heteroatoms. The quantitative estimate of drug-likeness (QED) is 0.673. The van der Waals surface area contributed by atoms with Gasteiger partial charge in [0, 0.05) is 17.8 Å². The maximum Gasteiger partial charge on any atom is 0.315 e. The van der Waals surface area contributed by atoms with Crippen molar-refractivity contribution in [3.05, 3.63) is 53.4 Å². The Balaban J connectivity index is 1.90. The number of rotatable bonds is 5. The first-order valence-electron chi connectivity index (χ1n) is 6.56. The standard InChI is InChI=1S/C14H16F2N4O2/c1-14(22,11-3-2-9(15)6-12(11)16)8-18-13(21)17-7-10-4-5-19-20-10/h2-6,22H,7-8H2,1H3,(H,19,20)(H2,17,18,21). The van der Waals surface area contributed by atoms with E-state index in [2.05, 4.69) is 20.8 Å². The first-order chi connectivity index (χ1) is 10.4. The Bertz CT molecular complexity index is 644. The fraction of sp³-hybridized carbons (Fsp3) is 0.286. The average molecular weight is 310 g/mol. The van der Waals surface area contributed by atoms with E-state index in [0.717, 1.165) is 12.1 Å². The second-order valence-corrected chi connectivity index (χ2v) is 5.02. The summed E-state index contributed by atoms with van der Waals surface area (Å²) < 4.78 is 26.5. The van der Waals surface area contributed by atoms with Crippen LogP contribution in [0.3, 0.4) is 0 Å². The lowest BCUT2D eigenvalue weighted by Gasteiger charge is -2.24. The fourth-order valence-corrected chi connectivity index (χ4v) is 1.90. The molecule has 1 aromatic carbocycles. The molecule has 1 aromatic heterocycles. The lowest BCUT2D eigenvalue weighted by Crippen LogP contribution is -2.43. The van der Waals surface area contributed by atoms with Crippen LogP contribution in [0.1, 0.15) is 18.2 Å². The topological polar surface area (TPSA) is 90.0 Å². The van der Waals surface area contributed by atoms with Gasteiger partial charge in [0.05, 0.1) is 18.8 Å². The molecule has 1 unspecified atom stereocenters. The molecule has 1 heterocycles. The van der Waals surface area contributed by atoms with E-state index in [9.17, 15) is 18.7 Å². The number of halogens is 2. The minimum Gasteiger partial charge on any atom is -0.383 e. The molecular formula is C14H16F2N4O2. The number of aliphatic hydroxyl groups is 1. The van der Waals surface area contributed by atoms with Gasteiger partial charge in [-0.1, -0.05) is 6.07 Å². The first-order valence-corrected chi connectivity index (χ1v) is 6.56. The van der Waals surface area contributed by atoms with Crippen molar-refractivity contribution in [2.75, 3.05) is 6.54 Å². The number of benzene rings is 1. The number of H-pyrrole nitrogens is 1. The largest absolute Gasteiger partial charge is 0.383 e. The number of hydrogen-bond donors (Lipinski definition) is 4. The van der Waals surface area contributed by atoms with Crippen molar-refractivity contribution in [2.24, 2.45) is 0 Å². The van der Waals surface area contributed by atoms with E-state index in [1.807, 2.05) is 0 Å². The number of carbonyl (C=O) groups excluding carboxylic acids is 1. The van der Waals surface area contributed by atoms with Crippen LogP contribution in [0.4, 0.5) is 13.6 Å². The summed E-state index contributed by atoms with van der Waals surface area (Å²) in [5.41, 5.74) is -1.04. The number of urea groups is 1. The molecule has 0 aliphatic carbocycles. The molecule has 4 N–H and O–H groups in total. The van der Waals surface area contributed by atoms with Crippen LogP contribution in [0.5, 0.6) is 0 Å². The molecule has 2 aromatic rings. The minimum atomic E-state index is -1.66. The van der Waals surface area contributed by atoms with Crippen molar-refractivity contribution in [3.8, 4) is 0 Å². The van der Waals surface area contributed by atoms with Gasteiger partial charge < -0.3 is 15.7 Å². The Hall–Kier alpha value is -2.48. The van der Waals surface area contributed by atoms with Crippen LogP contribution < -0.4 is 10.6 Å².